The maximum absolute atomic E-state index is 5.73. The first kappa shape index (κ1) is 13.0. The summed E-state index contributed by atoms with van der Waals surface area (Å²) < 4.78 is 5.73. The first-order valence-corrected chi connectivity index (χ1v) is 7.01. The molecule has 17 heavy (non-hydrogen) atoms. The summed E-state index contributed by atoms with van der Waals surface area (Å²) in [5, 5.41) is 6.46. The van der Waals surface area contributed by atoms with Gasteiger partial charge in [0.1, 0.15) is 5.01 Å². The minimum atomic E-state index is 0.328. The Morgan fingerprint density at radius 3 is 2.82 bits per heavy atom. The van der Waals surface area contributed by atoms with E-state index in [4.69, 9.17) is 4.74 Å². The largest absolute Gasteiger partial charge is 0.373 e. The van der Waals surface area contributed by atoms with Crippen LogP contribution in [0, 0.1) is 0 Å². The molecule has 0 spiro atoms. The van der Waals surface area contributed by atoms with Gasteiger partial charge in [-0.3, -0.25) is 4.90 Å². The second kappa shape index (κ2) is 5.91. The van der Waals surface area contributed by atoms with Crippen molar-refractivity contribution in [3.05, 3.63) is 16.1 Å². The number of aromatic nitrogens is 1. The van der Waals surface area contributed by atoms with Crippen LogP contribution in [0.5, 0.6) is 0 Å². The number of morpholine rings is 1. The Labute approximate surface area is 107 Å². The van der Waals surface area contributed by atoms with Gasteiger partial charge in [-0.25, -0.2) is 4.98 Å². The number of thiazole rings is 1. The predicted octanol–water partition coefficient (Wildman–Crippen LogP) is 1.47. The van der Waals surface area contributed by atoms with Gasteiger partial charge in [-0.1, -0.05) is 0 Å². The molecule has 0 aliphatic carbocycles. The van der Waals surface area contributed by atoms with Gasteiger partial charge in [-0.2, -0.15) is 0 Å². The Kier molecular flexibility index (Phi) is 4.50. The predicted molar refractivity (Wildman–Crippen MR) is 70.2 cm³/mol. The van der Waals surface area contributed by atoms with E-state index in [1.54, 1.807) is 11.3 Å². The number of nitrogens with one attached hydrogen (secondary N) is 1. The fourth-order valence-corrected chi connectivity index (χ4v) is 3.09. The van der Waals surface area contributed by atoms with Crippen LogP contribution in [-0.4, -0.2) is 42.2 Å². The highest BCUT2D eigenvalue weighted by atomic mass is 32.1. The first-order valence-electron chi connectivity index (χ1n) is 6.13. The lowest BCUT2D eigenvalue weighted by Gasteiger charge is -2.34. The molecule has 0 amide bonds. The third-order valence-corrected chi connectivity index (χ3v) is 3.71. The van der Waals surface area contributed by atoms with Crippen LogP contribution in [0.2, 0.25) is 0 Å². The van der Waals surface area contributed by atoms with Gasteiger partial charge in [0.2, 0.25) is 0 Å². The minimum Gasteiger partial charge on any atom is -0.373 e. The van der Waals surface area contributed by atoms with Crippen LogP contribution in [-0.2, 0) is 17.8 Å². The molecule has 1 N–H and O–H groups in total. The standard InChI is InChI=1S/C12H21N3OS/c1-9-5-15(6-10(2)16-9)7-11-8-17-12(14-11)4-13-3/h8-10,13H,4-7H2,1-3H3/t9-,10+. The number of ether oxygens (including phenoxy) is 1. The van der Waals surface area contributed by atoms with Crippen molar-refractivity contribution in [2.45, 2.75) is 39.1 Å². The molecule has 0 aromatic carbocycles. The van der Waals surface area contributed by atoms with E-state index in [9.17, 15) is 0 Å². The SMILES string of the molecule is CNCc1nc(CN2C[C@@H](C)O[C@@H](C)C2)cs1. The Morgan fingerprint density at radius 2 is 2.18 bits per heavy atom. The lowest BCUT2D eigenvalue weighted by molar-refractivity contribution is -0.0707. The first-order chi connectivity index (χ1) is 8.17. The van der Waals surface area contributed by atoms with E-state index in [1.165, 1.54) is 5.69 Å². The van der Waals surface area contributed by atoms with E-state index in [-0.39, 0.29) is 0 Å². The van der Waals surface area contributed by atoms with Gasteiger partial charge in [0, 0.05) is 31.6 Å². The van der Waals surface area contributed by atoms with Gasteiger partial charge in [0.25, 0.3) is 0 Å². The molecule has 0 bridgehead atoms. The fourth-order valence-electron chi connectivity index (χ4n) is 2.30. The van der Waals surface area contributed by atoms with Crippen molar-refractivity contribution in [1.29, 1.82) is 0 Å². The van der Waals surface area contributed by atoms with Gasteiger partial charge in [-0.15, -0.1) is 11.3 Å². The smallest absolute Gasteiger partial charge is 0.107 e. The average molecular weight is 255 g/mol. The summed E-state index contributed by atoms with van der Waals surface area (Å²) in [6.45, 7) is 8.08. The molecule has 1 aliphatic heterocycles. The van der Waals surface area contributed by atoms with Gasteiger partial charge in [0.15, 0.2) is 0 Å². The molecule has 1 aliphatic rings. The average Bonchev–Trinajstić information content (AvgIpc) is 2.64. The summed E-state index contributed by atoms with van der Waals surface area (Å²) in [5.41, 5.74) is 1.18. The van der Waals surface area contributed by atoms with E-state index < -0.39 is 0 Å². The Hall–Kier alpha value is -0.490. The van der Waals surface area contributed by atoms with Crippen LogP contribution in [0.1, 0.15) is 24.5 Å². The molecule has 0 unspecified atom stereocenters. The number of hydrogen-bond acceptors (Lipinski definition) is 5. The number of hydrogen-bond donors (Lipinski definition) is 1. The molecule has 2 atom stereocenters. The molecule has 4 nitrogen and oxygen atoms in total. The van der Waals surface area contributed by atoms with Gasteiger partial charge < -0.3 is 10.1 Å². The van der Waals surface area contributed by atoms with Crippen molar-refractivity contribution in [2.24, 2.45) is 0 Å². The molecular weight excluding hydrogens is 234 g/mol. The van der Waals surface area contributed by atoms with Crippen LogP contribution in [0.15, 0.2) is 5.38 Å². The van der Waals surface area contributed by atoms with Crippen molar-refractivity contribution in [3.63, 3.8) is 0 Å². The summed E-state index contributed by atoms with van der Waals surface area (Å²) in [6.07, 6.45) is 0.656. The summed E-state index contributed by atoms with van der Waals surface area (Å²) in [7, 11) is 1.95. The maximum atomic E-state index is 5.73. The third-order valence-electron chi connectivity index (χ3n) is 2.81. The van der Waals surface area contributed by atoms with Crippen LogP contribution in [0.4, 0.5) is 0 Å². The van der Waals surface area contributed by atoms with Gasteiger partial charge in [0.05, 0.1) is 17.9 Å². The highest BCUT2D eigenvalue weighted by Gasteiger charge is 2.22. The van der Waals surface area contributed by atoms with E-state index in [0.29, 0.717) is 12.2 Å². The minimum absolute atomic E-state index is 0.328. The van der Waals surface area contributed by atoms with Crippen LogP contribution < -0.4 is 5.32 Å². The highest BCUT2D eigenvalue weighted by Crippen LogP contribution is 2.16. The molecule has 2 rings (SSSR count). The Bertz CT molecular complexity index is 345. The Morgan fingerprint density at radius 1 is 1.47 bits per heavy atom. The van der Waals surface area contributed by atoms with Crippen molar-refractivity contribution >= 4 is 11.3 Å². The molecular formula is C12H21N3OS. The topological polar surface area (TPSA) is 37.4 Å². The van der Waals surface area contributed by atoms with E-state index >= 15 is 0 Å². The molecule has 0 saturated carbocycles. The zero-order valence-electron chi connectivity index (χ0n) is 10.8. The molecule has 1 fully saturated rings. The fraction of sp³-hybridized carbons (Fsp3) is 0.750. The van der Waals surface area contributed by atoms with Crippen LogP contribution >= 0.6 is 11.3 Å². The summed E-state index contributed by atoms with van der Waals surface area (Å²) in [4.78, 5) is 7.05. The number of rotatable bonds is 4. The van der Waals surface area contributed by atoms with Gasteiger partial charge in [-0.05, 0) is 20.9 Å². The van der Waals surface area contributed by atoms with E-state index in [0.717, 1.165) is 31.2 Å². The third kappa shape index (κ3) is 3.74. The van der Waals surface area contributed by atoms with Crippen molar-refractivity contribution in [1.82, 2.24) is 15.2 Å². The molecule has 0 radical (unpaired) electrons. The summed E-state index contributed by atoms with van der Waals surface area (Å²) in [5.74, 6) is 0. The molecule has 96 valence electrons. The molecule has 2 heterocycles. The second-order valence-corrected chi connectivity index (χ2v) is 5.66. The lowest BCUT2D eigenvalue weighted by Crippen LogP contribution is -2.44. The Balaban J connectivity index is 1.90. The van der Waals surface area contributed by atoms with E-state index in [1.807, 2.05) is 7.05 Å². The monoisotopic (exact) mass is 255 g/mol. The summed E-state index contributed by atoms with van der Waals surface area (Å²) >= 11 is 1.73. The number of nitrogens with zero attached hydrogens (tertiary/aromatic N) is 2. The van der Waals surface area contributed by atoms with Crippen molar-refractivity contribution in [3.8, 4) is 0 Å². The molecule has 5 heteroatoms. The zero-order valence-corrected chi connectivity index (χ0v) is 11.6. The summed E-state index contributed by atoms with van der Waals surface area (Å²) in [6, 6.07) is 0. The van der Waals surface area contributed by atoms with Crippen LogP contribution in [0.3, 0.4) is 0 Å². The molecule has 1 saturated heterocycles. The zero-order chi connectivity index (χ0) is 12.3. The van der Waals surface area contributed by atoms with Crippen molar-refractivity contribution in [2.75, 3.05) is 20.1 Å². The normalized spacial score (nSPS) is 26.3. The maximum Gasteiger partial charge on any atom is 0.107 e. The lowest BCUT2D eigenvalue weighted by atomic mass is 10.2. The second-order valence-electron chi connectivity index (χ2n) is 4.71. The highest BCUT2D eigenvalue weighted by molar-refractivity contribution is 7.09. The molecule has 1 aromatic rings. The van der Waals surface area contributed by atoms with Gasteiger partial charge >= 0.3 is 0 Å². The quantitative estimate of drug-likeness (QED) is 0.884. The van der Waals surface area contributed by atoms with Crippen molar-refractivity contribution < 1.29 is 4.74 Å². The van der Waals surface area contributed by atoms with E-state index in [2.05, 4.69) is 34.4 Å². The van der Waals surface area contributed by atoms with Crippen LogP contribution in [0.25, 0.3) is 0 Å². The molecule has 1 aromatic heterocycles.